The Morgan fingerprint density at radius 2 is 1.86 bits per heavy atom. The lowest BCUT2D eigenvalue weighted by molar-refractivity contribution is -0.385. The van der Waals surface area contributed by atoms with Crippen molar-refractivity contribution in [3.8, 4) is 11.5 Å². The maximum atomic E-state index is 11.0. The van der Waals surface area contributed by atoms with E-state index in [0.29, 0.717) is 22.4 Å². The van der Waals surface area contributed by atoms with Gasteiger partial charge in [0.15, 0.2) is 0 Å². The summed E-state index contributed by atoms with van der Waals surface area (Å²) in [6, 6.07) is 8.95. The maximum absolute atomic E-state index is 11.0. The second-order valence-electron chi connectivity index (χ2n) is 4.65. The van der Waals surface area contributed by atoms with Gasteiger partial charge in [0.2, 0.25) is 0 Å². The number of hydrogen-bond acceptors (Lipinski definition) is 3. The highest BCUT2D eigenvalue weighted by Gasteiger charge is 2.16. The van der Waals surface area contributed by atoms with Crippen LogP contribution < -0.4 is 4.74 Å². The Morgan fingerprint density at radius 1 is 1.14 bits per heavy atom. The van der Waals surface area contributed by atoms with Crippen molar-refractivity contribution >= 4 is 37.5 Å². The fourth-order valence-corrected chi connectivity index (χ4v) is 2.78. The predicted octanol–water partition coefficient (Wildman–Crippen LogP) is 5.66. The molecule has 2 rings (SSSR count). The number of rotatable bonds is 4. The number of benzene rings is 2. The molecule has 0 fully saturated rings. The van der Waals surface area contributed by atoms with Crippen molar-refractivity contribution in [3.05, 3.63) is 61.6 Å². The lowest BCUT2D eigenvalue weighted by atomic mass is 10.1. The summed E-state index contributed by atoms with van der Waals surface area (Å²) in [4.78, 5) is 10.7. The first kappa shape index (κ1) is 16.0. The molecule has 0 unspecified atom stereocenters. The summed E-state index contributed by atoms with van der Waals surface area (Å²) in [5.74, 6) is 1.16. The minimum atomic E-state index is -0.395. The molecule has 110 valence electrons. The molecule has 21 heavy (non-hydrogen) atoms. The third-order valence-corrected chi connectivity index (χ3v) is 4.18. The van der Waals surface area contributed by atoms with E-state index in [0.717, 1.165) is 15.6 Å². The van der Waals surface area contributed by atoms with Gasteiger partial charge in [0.1, 0.15) is 11.5 Å². The normalized spacial score (nSPS) is 10.5. The molecule has 0 amide bonds. The van der Waals surface area contributed by atoms with Gasteiger partial charge in [-0.3, -0.25) is 10.1 Å². The van der Waals surface area contributed by atoms with E-state index in [4.69, 9.17) is 4.74 Å². The zero-order valence-electron chi connectivity index (χ0n) is 11.5. The first-order valence-electron chi connectivity index (χ1n) is 6.20. The van der Waals surface area contributed by atoms with Crippen LogP contribution in [0.15, 0.2) is 34.8 Å². The average molecular weight is 415 g/mol. The summed E-state index contributed by atoms with van der Waals surface area (Å²) < 4.78 is 6.78. The minimum Gasteiger partial charge on any atom is -0.456 e. The summed E-state index contributed by atoms with van der Waals surface area (Å²) in [6.07, 6.45) is 0. The molecule has 0 heterocycles. The molecule has 0 atom stereocenters. The number of nitro groups is 1. The highest BCUT2D eigenvalue weighted by molar-refractivity contribution is 9.10. The first-order valence-corrected chi connectivity index (χ1v) is 8.11. The van der Waals surface area contributed by atoms with Crippen molar-refractivity contribution in [2.45, 2.75) is 19.2 Å². The molecule has 2 aromatic rings. The number of aryl methyl sites for hydroxylation is 2. The van der Waals surface area contributed by atoms with Crippen molar-refractivity contribution < 1.29 is 9.66 Å². The predicted molar refractivity (Wildman–Crippen MR) is 89.4 cm³/mol. The largest absolute Gasteiger partial charge is 0.456 e. The van der Waals surface area contributed by atoms with Gasteiger partial charge in [-0.2, -0.15) is 0 Å². The molecule has 0 saturated carbocycles. The van der Waals surface area contributed by atoms with Crippen LogP contribution in [0.4, 0.5) is 5.69 Å². The Labute approximate surface area is 139 Å². The van der Waals surface area contributed by atoms with E-state index in [9.17, 15) is 10.1 Å². The van der Waals surface area contributed by atoms with Crippen LogP contribution in [-0.2, 0) is 5.33 Å². The molecule has 6 heteroatoms. The zero-order chi connectivity index (χ0) is 15.6. The van der Waals surface area contributed by atoms with E-state index in [1.54, 1.807) is 13.0 Å². The summed E-state index contributed by atoms with van der Waals surface area (Å²) >= 11 is 6.81. The lowest BCUT2D eigenvalue weighted by Crippen LogP contribution is -1.96. The van der Waals surface area contributed by atoms with E-state index < -0.39 is 4.92 Å². The zero-order valence-corrected chi connectivity index (χ0v) is 14.7. The van der Waals surface area contributed by atoms with Gasteiger partial charge in [-0.05, 0) is 37.6 Å². The number of alkyl halides is 1. The smallest absolute Gasteiger partial charge is 0.276 e. The maximum Gasteiger partial charge on any atom is 0.276 e. The number of nitro benzene ring substituents is 1. The fourth-order valence-electron chi connectivity index (χ4n) is 1.98. The third kappa shape index (κ3) is 3.63. The monoisotopic (exact) mass is 413 g/mol. The Morgan fingerprint density at radius 3 is 2.48 bits per heavy atom. The minimum absolute atomic E-state index is 0.0611. The van der Waals surface area contributed by atoms with Crippen LogP contribution in [0.5, 0.6) is 11.5 Å². The van der Waals surface area contributed by atoms with Crippen molar-refractivity contribution in [2.75, 3.05) is 0 Å². The van der Waals surface area contributed by atoms with E-state index in [-0.39, 0.29) is 5.69 Å². The summed E-state index contributed by atoms with van der Waals surface area (Å²) in [6.45, 7) is 3.59. The number of ether oxygens (including phenoxy) is 1. The average Bonchev–Trinajstić information content (AvgIpc) is 2.41. The van der Waals surface area contributed by atoms with Gasteiger partial charge in [0.05, 0.1) is 11.0 Å². The van der Waals surface area contributed by atoms with Gasteiger partial charge in [0.25, 0.3) is 5.69 Å². The molecule has 0 aliphatic carbocycles. The molecule has 0 radical (unpaired) electrons. The van der Waals surface area contributed by atoms with Crippen molar-refractivity contribution in [2.24, 2.45) is 0 Å². The summed E-state index contributed by atoms with van der Waals surface area (Å²) in [5.41, 5.74) is 2.52. The first-order chi connectivity index (χ1) is 9.92. The quantitative estimate of drug-likeness (QED) is 0.368. The van der Waals surface area contributed by atoms with Crippen molar-refractivity contribution in [1.82, 2.24) is 0 Å². The van der Waals surface area contributed by atoms with Gasteiger partial charge >= 0.3 is 0 Å². The molecule has 4 nitrogen and oxygen atoms in total. The molecule has 0 spiro atoms. The topological polar surface area (TPSA) is 52.4 Å². The van der Waals surface area contributed by atoms with E-state index in [1.807, 2.05) is 25.1 Å². The molecule has 0 aliphatic heterocycles. The molecule has 0 saturated heterocycles. The van der Waals surface area contributed by atoms with E-state index in [2.05, 4.69) is 31.9 Å². The van der Waals surface area contributed by atoms with Gasteiger partial charge in [-0.1, -0.05) is 37.9 Å². The van der Waals surface area contributed by atoms with Crippen LogP contribution in [0.3, 0.4) is 0 Å². The van der Waals surface area contributed by atoms with Crippen molar-refractivity contribution in [3.63, 3.8) is 0 Å². The molecule has 0 aliphatic rings. The Bertz CT molecular complexity index is 702. The number of halogens is 2. The molecule has 0 aromatic heterocycles. The lowest BCUT2D eigenvalue weighted by Gasteiger charge is -2.13. The van der Waals surface area contributed by atoms with Crippen LogP contribution in [-0.4, -0.2) is 4.92 Å². The number of nitrogens with zero attached hydrogens (tertiary/aromatic N) is 1. The van der Waals surface area contributed by atoms with Crippen LogP contribution in [0.1, 0.15) is 16.7 Å². The van der Waals surface area contributed by atoms with Gasteiger partial charge in [-0.25, -0.2) is 0 Å². The van der Waals surface area contributed by atoms with Crippen LogP contribution in [0.2, 0.25) is 0 Å². The van der Waals surface area contributed by atoms with Crippen LogP contribution in [0.25, 0.3) is 0 Å². The van der Waals surface area contributed by atoms with E-state index in [1.165, 1.54) is 6.07 Å². The Balaban J connectivity index is 2.46. The second-order valence-corrected chi connectivity index (χ2v) is 6.13. The molecular weight excluding hydrogens is 402 g/mol. The summed E-state index contributed by atoms with van der Waals surface area (Å²) in [7, 11) is 0. The van der Waals surface area contributed by atoms with Gasteiger partial charge < -0.3 is 4.74 Å². The second kappa shape index (κ2) is 6.58. The Kier molecular flexibility index (Phi) is 5.00. The number of hydrogen-bond donors (Lipinski definition) is 0. The molecular formula is C15H13Br2NO3. The highest BCUT2D eigenvalue weighted by Crippen LogP contribution is 2.34. The van der Waals surface area contributed by atoms with Crippen LogP contribution in [0, 0.1) is 24.0 Å². The molecule has 0 N–H and O–H groups in total. The SMILES string of the molecule is Cc1cc(C)c([N+](=O)[O-])cc1Oc1cc(Br)ccc1CBr. The third-order valence-electron chi connectivity index (χ3n) is 3.08. The molecule has 2 aromatic carbocycles. The highest BCUT2D eigenvalue weighted by atomic mass is 79.9. The van der Waals surface area contributed by atoms with E-state index >= 15 is 0 Å². The van der Waals surface area contributed by atoms with Gasteiger partial charge in [-0.15, -0.1) is 0 Å². The standard InChI is InChI=1S/C15H13Br2NO3/c1-9-5-10(2)14(7-13(9)18(19)20)21-15-6-12(17)4-3-11(15)8-16/h3-7H,8H2,1-2H3. The van der Waals surface area contributed by atoms with Crippen LogP contribution >= 0.6 is 31.9 Å². The summed E-state index contributed by atoms with van der Waals surface area (Å²) in [5, 5.41) is 11.7. The molecule has 0 bridgehead atoms. The Hall–Kier alpha value is -1.40. The van der Waals surface area contributed by atoms with Gasteiger partial charge in [0, 0.05) is 20.9 Å². The fraction of sp³-hybridized carbons (Fsp3) is 0.200. The van der Waals surface area contributed by atoms with Crippen molar-refractivity contribution in [1.29, 1.82) is 0 Å².